The van der Waals surface area contributed by atoms with Gasteiger partial charge in [-0.25, -0.2) is 0 Å². The van der Waals surface area contributed by atoms with Gasteiger partial charge in [-0.2, -0.15) is 0 Å². The largest absolute Gasteiger partial charge is 0.330 e. The second-order valence-electron chi connectivity index (χ2n) is 6.79. The molecule has 0 heterocycles. The minimum Gasteiger partial charge on any atom is -0.330 e. The number of nitrogens with two attached hydrogens (primary N) is 1. The first-order valence-corrected chi connectivity index (χ1v) is 7.87. The smallest absolute Gasteiger partial charge is 0.00172 e. The van der Waals surface area contributed by atoms with Crippen molar-refractivity contribution in [2.45, 2.75) is 58.8 Å². The summed E-state index contributed by atoms with van der Waals surface area (Å²) in [5, 5.41) is 0. The van der Waals surface area contributed by atoms with E-state index in [1.54, 1.807) is 0 Å². The van der Waals surface area contributed by atoms with Gasteiger partial charge in [0.05, 0.1) is 0 Å². The average molecular weight is 259 g/mol. The Kier molecular flexibility index (Phi) is 4.67. The SMILES string of the molecule is CCC1CCC(CN)(Cc2ccc(C(C)C)cc2)C1. The van der Waals surface area contributed by atoms with Crippen LogP contribution in [0.1, 0.15) is 63.5 Å². The normalized spacial score (nSPS) is 27.1. The van der Waals surface area contributed by atoms with Gasteiger partial charge >= 0.3 is 0 Å². The van der Waals surface area contributed by atoms with E-state index in [2.05, 4.69) is 45.0 Å². The molecule has 0 aliphatic heterocycles. The Morgan fingerprint density at radius 2 is 1.95 bits per heavy atom. The van der Waals surface area contributed by atoms with Gasteiger partial charge in [0.25, 0.3) is 0 Å². The van der Waals surface area contributed by atoms with Crippen LogP contribution in [0.15, 0.2) is 24.3 Å². The molecule has 1 aliphatic carbocycles. The number of benzene rings is 1. The molecular weight excluding hydrogens is 230 g/mol. The van der Waals surface area contributed by atoms with Crippen LogP contribution in [0.2, 0.25) is 0 Å². The Morgan fingerprint density at radius 1 is 1.26 bits per heavy atom. The Hall–Kier alpha value is -0.820. The number of rotatable bonds is 5. The highest BCUT2D eigenvalue weighted by Crippen LogP contribution is 2.44. The van der Waals surface area contributed by atoms with Crippen LogP contribution in [-0.4, -0.2) is 6.54 Å². The van der Waals surface area contributed by atoms with Gasteiger partial charge in [-0.05, 0) is 60.6 Å². The maximum absolute atomic E-state index is 6.11. The van der Waals surface area contributed by atoms with E-state index in [1.807, 2.05) is 0 Å². The average Bonchev–Trinajstić information content (AvgIpc) is 2.83. The zero-order valence-electron chi connectivity index (χ0n) is 12.8. The molecule has 1 fully saturated rings. The highest BCUT2D eigenvalue weighted by atomic mass is 14.6. The molecule has 2 N–H and O–H groups in total. The highest BCUT2D eigenvalue weighted by Gasteiger charge is 2.37. The summed E-state index contributed by atoms with van der Waals surface area (Å²) >= 11 is 0. The summed E-state index contributed by atoms with van der Waals surface area (Å²) in [7, 11) is 0. The molecule has 106 valence electrons. The van der Waals surface area contributed by atoms with E-state index < -0.39 is 0 Å². The third-order valence-corrected chi connectivity index (χ3v) is 5.04. The van der Waals surface area contributed by atoms with Crippen LogP contribution in [0.5, 0.6) is 0 Å². The molecule has 0 spiro atoms. The lowest BCUT2D eigenvalue weighted by molar-refractivity contribution is 0.290. The molecule has 1 aromatic rings. The van der Waals surface area contributed by atoms with Crippen LogP contribution < -0.4 is 5.73 Å². The van der Waals surface area contributed by atoms with Crippen LogP contribution in [0, 0.1) is 11.3 Å². The van der Waals surface area contributed by atoms with Gasteiger partial charge in [0.1, 0.15) is 0 Å². The summed E-state index contributed by atoms with van der Waals surface area (Å²) in [6, 6.07) is 9.20. The minimum absolute atomic E-state index is 0.375. The first-order valence-electron chi connectivity index (χ1n) is 7.87. The van der Waals surface area contributed by atoms with Crippen LogP contribution in [0.4, 0.5) is 0 Å². The van der Waals surface area contributed by atoms with E-state index in [4.69, 9.17) is 5.73 Å². The molecule has 0 saturated heterocycles. The fraction of sp³-hybridized carbons (Fsp3) is 0.667. The van der Waals surface area contributed by atoms with Crippen molar-refractivity contribution in [3.8, 4) is 0 Å². The van der Waals surface area contributed by atoms with Gasteiger partial charge < -0.3 is 5.73 Å². The first-order chi connectivity index (χ1) is 9.08. The lowest BCUT2D eigenvalue weighted by Crippen LogP contribution is -2.30. The molecule has 2 rings (SSSR count). The number of hydrogen-bond acceptors (Lipinski definition) is 1. The molecule has 0 bridgehead atoms. The van der Waals surface area contributed by atoms with E-state index in [0.29, 0.717) is 11.3 Å². The van der Waals surface area contributed by atoms with Crippen molar-refractivity contribution in [3.05, 3.63) is 35.4 Å². The zero-order valence-corrected chi connectivity index (χ0v) is 12.8. The van der Waals surface area contributed by atoms with E-state index in [9.17, 15) is 0 Å². The Labute approximate surface area is 118 Å². The molecule has 19 heavy (non-hydrogen) atoms. The van der Waals surface area contributed by atoms with Gasteiger partial charge in [-0.15, -0.1) is 0 Å². The van der Waals surface area contributed by atoms with E-state index in [-0.39, 0.29) is 0 Å². The summed E-state index contributed by atoms with van der Waals surface area (Å²) in [4.78, 5) is 0. The van der Waals surface area contributed by atoms with Crippen LogP contribution in [-0.2, 0) is 6.42 Å². The Morgan fingerprint density at radius 3 is 2.42 bits per heavy atom. The third-order valence-electron chi connectivity index (χ3n) is 5.04. The van der Waals surface area contributed by atoms with Crippen molar-refractivity contribution < 1.29 is 0 Å². The van der Waals surface area contributed by atoms with Crippen LogP contribution >= 0.6 is 0 Å². The van der Waals surface area contributed by atoms with Crippen LogP contribution in [0.3, 0.4) is 0 Å². The van der Waals surface area contributed by atoms with E-state index in [1.165, 1.54) is 43.2 Å². The molecular formula is C18H29N. The van der Waals surface area contributed by atoms with Crippen molar-refractivity contribution >= 4 is 0 Å². The molecule has 1 heteroatoms. The predicted molar refractivity (Wildman–Crippen MR) is 83.4 cm³/mol. The van der Waals surface area contributed by atoms with Gasteiger partial charge in [0, 0.05) is 0 Å². The molecule has 1 nitrogen and oxygen atoms in total. The number of hydrogen-bond donors (Lipinski definition) is 1. The van der Waals surface area contributed by atoms with Gasteiger partial charge in [-0.3, -0.25) is 0 Å². The molecule has 1 aromatic carbocycles. The van der Waals surface area contributed by atoms with Crippen molar-refractivity contribution in [2.75, 3.05) is 6.54 Å². The molecule has 0 aromatic heterocycles. The third kappa shape index (κ3) is 3.39. The zero-order chi connectivity index (χ0) is 13.9. The predicted octanol–water partition coefficient (Wildman–Crippen LogP) is 4.51. The summed E-state index contributed by atoms with van der Waals surface area (Å²) in [6.07, 6.45) is 6.49. The molecule has 2 unspecified atom stereocenters. The van der Waals surface area contributed by atoms with Crippen LogP contribution in [0.25, 0.3) is 0 Å². The molecule has 2 atom stereocenters. The second kappa shape index (κ2) is 6.09. The topological polar surface area (TPSA) is 26.0 Å². The Bertz CT molecular complexity index is 393. The van der Waals surface area contributed by atoms with Gasteiger partial charge in [0.2, 0.25) is 0 Å². The second-order valence-corrected chi connectivity index (χ2v) is 6.79. The standard InChI is InChI=1S/C18H29N/c1-4-15-9-10-18(11-15,13-19)12-16-5-7-17(8-6-16)14(2)3/h5-8,14-15H,4,9-13,19H2,1-3H3. The van der Waals surface area contributed by atoms with Crippen molar-refractivity contribution in [1.82, 2.24) is 0 Å². The lowest BCUT2D eigenvalue weighted by atomic mass is 9.79. The Balaban J connectivity index is 2.06. The monoisotopic (exact) mass is 259 g/mol. The highest BCUT2D eigenvalue weighted by molar-refractivity contribution is 5.25. The fourth-order valence-electron chi connectivity index (χ4n) is 3.55. The first kappa shape index (κ1) is 14.6. The minimum atomic E-state index is 0.375. The van der Waals surface area contributed by atoms with Crippen molar-refractivity contribution in [3.63, 3.8) is 0 Å². The summed E-state index contributed by atoms with van der Waals surface area (Å²) in [5.74, 6) is 1.52. The molecule has 1 saturated carbocycles. The fourth-order valence-corrected chi connectivity index (χ4v) is 3.55. The van der Waals surface area contributed by atoms with E-state index >= 15 is 0 Å². The summed E-state index contributed by atoms with van der Waals surface area (Å²) in [5.41, 5.74) is 9.38. The summed E-state index contributed by atoms with van der Waals surface area (Å²) in [6.45, 7) is 7.66. The van der Waals surface area contributed by atoms with Gasteiger partial charge in [-0.1, -0.05) is 51.5 Å². The molecule has 0 radical (unpaired) electrons. The summed E-state index contributed by atoms with van der Waals surface area (Å²) < 4.78 is 0. The van der Waals surface area contributed by atoms with Gasteiger partial charge in [0.15, 0.2) is 0 Å². The maximum Gasteiger partial charge on any atom is -0.00172 e. The molecule has 0 amide bonds. The van der Waals surface area contributed by atoms with E-state index in [0.717, 1.165) is 12.5 Å². The maximum atomic E-state index is 6.11. The molecule has 1 aliphatic rings. The quantitative estimate of drug-likeness (QED) is 0.827. The lowest BCUT2D eigenvalue weighted by Gasteiger charge is -2.28. The van der Waals surface area contributed by atoms with Crippen molar-refractivity contribution in [1.29, 1.82) is 0 Å². The van der Waals surface area contributed by atoms with Crippen molar-refractivity contribution in [2.24, 2.45) is 17.1 Å².